The van der Waals surface area contributed by atoms with Crippen LogP contribution < -0.4 is 5.32 Å². The SMILES string of the molecule is O=C(NCC12CC3CC(CC(C3)C1)C2)c1cn(-c2ccccc2)nc1-c1ccccc1. The smallest absolute Gasteiger partial charge is 0.255 e. The molecule has 0 aliphatic heterocycles. The van der Waals surface area contributed by atoms with Crippen molar-refractivity contribution in [2.75, 3.05) is 6.54 Å². The van der Waals surface area contributed by atoms with Gasteiger partial charge < -0.3 is 5.32 Å². The van der Waals surface area contributed by atoms with Crippen molar-refractivity contribution < 1.29 is 4.79 Å². The fourth-order valence-corrected chi connectivity index (χ4v) is 6.93. The van der Waals surface area contributed by atoms with Crippen molar-refractivity contribution in [3.8, 4) is 16.9 Å². The fourth-order valence-electron chi connectivity index (χ4n) is 6.93. The van der Waals surface area contributed by atoms with E-state index in [4.69, 9.17) is 5.10 Å². The Balaban J connectivity index is 1.28. The van der Waals surface area contributed by atoms with Crippen LogP contribution in [0.15, 0.2) is 66.9 Å². The number of para-hydroxylation sites is 1. The van der Waals surface area contributed by atoms with Crippen molar-refractivity contribution in [2.45, 2.75) is 38.5 Å². The second-order valence-electron chi connectivity index (χ2n) is 10.1. The summed E-state index contributed by atoms with van der Waals surface area (Å²) in [5.41, 5.74) is 3.65. The molecule has 158 valence electrons. The van der Waals surface area contributed by atoms with Crippen LogP contribution in [0.1, 0.15) is 48.9 Å². The van der Waals surface area contributed by atoms with Gasteiger partial charge in [0.05, 0.1) is 11.3 Å². The number of nitrogens with zero attached hydrogens (tertiary/aromatic N) is 2. The lowest BCUT2D eigenvalue weighted by Gasteiger charge is -2.56. The number of amides is 1. The van der Waals surface area contributed by atoms with E-state index in [0.29, 0.717) is 11.0 Å². The minimum Gasteiger partial charge on any atom is -0.351 e. The van der Waals surface area contributed by atoms with E-state index in [1.165, 1.54) is 38.5 Å². The van der Waals surface area contributed by atoms with Gasteiger partial charge in [0.25, 0.3) is 5.91 Å². The highest BCUT2D eigenvalue weighted by molar-refractivity contribution is 6.00. The molecule has 0 unspecified atom stereocenters. The third-order valence-electron chi connectivity index (χ3n) is 7.82. The monoisotopic (exact) mass is 411 g/mol. The first-order chi connectivity index (χ1) is 15.2. The average molecular weight is 412 g/mol. The summed E-state index contributed by atoms with van der Waals surface area (Å²) in [6.45, 7) is 0.806. The molecule has 3 aromatic rings. The first-order valence-corrected chi connectivity index (χ1v) is 11.7. The zero-order chi connectivity index (χ0) is 20.8. The van der Waals surface area contributed by atoms with E-state index in [-0.39, 0.29) is 5.91 Å². The first kappa shape index (κ1) is 18.9. The normalized spacial score (nSPS) is 28.6. The summed E-state index contributed by atoms with van der Waals surface area (Å²) < 4.78 is 1.82. The van der Waals surface area contributed by atoms with Crippen LogP contribution in [0, 0.1) is 23.2 Å². The molecule has 0 atom stereocenters. The molecular weight excluding hydrogens is 382 g/mol. The number of benzene rings is 2. The summed E-state index contributed by atoms with van der Waals surface area (Å²) in [4.78, 5) is 13.4. The Morgan fingerprint density at radius 3 is 2.10 bits per heavy atom. The molecule has 1 amide bonds. The van der Waals surface area contributed by atoms with E-state index in [9.17, 15) is 4.79 Å². The highest BCUT2D eigenvalue weighted by Crippen LogP contribution is 2.59. The predicted molar refractivity (Wildman–Crippen MR) is 122 cm³/mol. The van der Waals surface area contributed by atoms with E-state index in [1.54, 1.807) is 0 Å². The van der Waals surface area contributed by atoms with Crippen molar-refractivity contribution in [1.29, 1.82) is 0 Å². The predicted octanol–water partition coefficient (Wildman–Crippen LogP) is 5.49. The minimum absolute atomic E-state index is 0.00298. The van der Waals surface area contributed by atoms with Crippen LogP contribution in [-0.2, 0) is 0 Å². The Kier molecular flexibility index (Phi) is 4.48. The summed E-state index contributed by atoms with van der Waals surface area (Å²) in [5.74, 6) is 2.67. The molecule has 1 N–H and O–H groups in total. The first-order valence-electron chi connectivity index (χ1n) is 11.7. The van der Waals surface area contributed by atoms with Crippen LogP contribution in [0.4, 0.5) is 0 Å². The van der Waals surface area contributed by atoms with Gasteiger partial charge in [-0.25, -0.2) is 4.68 Å². The van der Waals surface area contributed by atoms with Gasteiger partial charge in [0.15, 0.2) is 0 Å². The van der Waals surface area contributed by atoms with Crippen LogP contribution in [0.2, 0.25) is 0 Å². The molecule has 4 heteroatoms. The second kappa shape index (κ2) is 7.37. The highest BCUT2D eigenvalue weighted by Gasteiger charge is 2.50. The van der Waals surface area contributed by atoms with Crippen molar-refractivity contribution in [3.63, 3.8) is 0 Å². The van der Waals surface area contributed by atoms with Gasteiger partial charge in [-0.2, -0.15) is 5.10 Å². The van der Waals surface area contributed by atoms with E-state index >= 15 is 0 Å². The van der Waals surface area contributed by atoms with Crippen molar-refractivity contribution in [1.82, 2.24) is 15.1 Å². The fraction of sp³-hybridized carbons (Fsp3) is 0.407. The summed E-state index contributed by atoms with van der Waals surface area (Å²) in [7, 11) is 0. The van der Waals surface area contributed by atoms with Gasteiger partial charge in [0.1, 0.15) is 5.69 Å². The summed E-state index contributed by atoms with van der Waals surface area (Å²) in [6.07, 6.45) is 10.1. The quantitative estimate of drug-likeness (QED) is 0.604. The standard InChI is InChI=1S/C27H29N3O/c31-26(28-18-27-14-19-11-20(15-27)13-21(12-19)16-27)24-17-30(23-9-5-2-6-10-23)29-25(24)22-7-3-1-4-8-22/h1-10,17,19-21H,11-16,18H2,(H,28,31). The van der Waals surface area contributed by atoms with Gasteiger partial charge in [-0.1, -0.05) is 48.5 Å². The van der Waals surface area contributed by atoms with Crippen LogP contribution in [0.3, 0.4) is 0 Å². The molecule has 4 nitrogen and oxygen atoms in total. The van der Waals surface area contributed by atoms with Gasteiger partial charge in [-0.3, -0.25) is 4.79 Å². The summed E-state index contributed by atoms with van der Waals surface area (Å²) in [6, 6.07) is 20.0. The van der Waals surface area contributed by atoms with Gasteiger partial charge >= 0.3 is 0 Å². The largest absolute Gasteiger partial charge is 0.351 e. The third-order valence-corrected chi connectivity index (χ3v) is 7.82. The third kappa shape index (κ3) is 3.48. The maximum atomic E-state index is 13.4. The zero-order valence-corrected chi connectivity index (χ0v) is 17.8. The van der Waals surface area contributed by atoms with Crippen molar-refractivity contribution in [3.05, 3.63) is 72.4 Å². The van der Waals surface area contributed by atoms with Gasteiger partial charge in [-0.15, -0.1) is 0 Å². The van der Waals surface area contributed by atoms with E-state index in [2.05, 4.69) is 5.32 Å². The molecule has 0 radical (unpaired) electrons. The lowest BCUT2D eigenvalue weighted by molar-refractivity contribution is -0.0503. The topological polar surface area (TPSA) is 46.9 Å². The maximum absolute atomic E-state index is 13.4. The summed E-state index contributed by atoms with van der Waals surface area (Å²) in [5, 5.41) is 8.14. The highest BCUT2D eigenvalue weighted by atomic mass is 16.1. The van der Waals surface area contributed by atoms with Crippen LogP contribution in [0.25, 0.3) is 16.9 Å². The molecule has 31 heavy (non-hydrogen) atoms. The van der Waals surface area contributed by atoms with Crippen molar-refractivity contribution in [2.24, 2.45) is 23.2 Å². The molecule has 1 heterocycles. The Labute approximate surface area is 183 Å². The number of hydrogen-bond donors (Lipinski definition) is 1. The number of carbonyl (C=O) groups excluding carboxylic acids is 1. The molecule has 4 aliphatic carbocycles. The number of carbonyl (C=O) groups is 1. The van der Waals surface area contributed by atoms with Crippen LogP contribution in [0.5, 0.6) is 0 Å². The molecule has 0 saturated heterocycles. The zero-order valence-electron chi connectivity index (χ0n) is 17.8. The minimum atomic E-state index is -0.00298. The Morgan fingerprint density at radius 2 is 1.48 bits per heavy atom. The number of aromatic nitrogens is 2. The Hall–Kier alpha value is -2.88. The molecule has 0 spiro atoms. The molecule has 7 rings (SSSR count). The molecule has 4 fully saturated rings. The molecule has 4 aliphatic rings. The average Bonchev–Trinajstić information content (AvgIpc) is 3.24. The number of nitrogens with one attached hydrogen (secondary N) is 1. The van der Waals surface area contributed by atoms with Crippen molar-refractivity contribution >= 4 is 5.91 Å². The molecular formula is C27H29N3O. The summed E-state index contributed by atoms with van der Waals surface area (Å²) >= 11 is 0. The Morgan fingerprint density at radius 1 is 0.903 bits per heavy atom. The van der Waals surface area contributed by atoms with E-state index in [1.807, 2.05) is 71.5 Å². The maximum Gasteiger partial charge on any atom is 0.255 e. The van der Waals surface area contributed by atoms with E-state index < -0.39 is 0 Å². The second-order valence-corrected chi connectivity index (χ2v) is 10.1. The van der Waals surface area contributed by atoms with E-state index in [0.717, 1.165) is 41.2 Å². The number of rotatable bonds is 5. The van der Waals surface area contributed by atoms with Gasteiger partial charge in [0.2, 0.25) is 0 Å². The number of hydrogen-bond acceptors (Lipinski definition) is 2. The molecule has 4 saturated carbocycles. The lowest BCUT2D eigenvalue weighted by Crippen LogP contribution is -2.51. The lowest BCUT2D eigenvalue weighted by atomic mass is 9.49. The Bertz CT molecular complexity index is 1050. The van der Waals surface area contributed by atoms with Gasteiger partial charge in [0, 0.05) is 18.3 Å². The molecule has 1 aromatic heterocycles. The molecule has 2 aromatic carbocycles. The molecule has 4 bridgehead atoms. The van der Waals surface area contributed by atoms with Gasteiger partial charge in [-0.05, 0) is 73.8 Å². The van der Waals surface area contributed by atoms with Crippen LogP contribution >= 0.6 is 0 Å². The van der Waals surface area contributed by atoms with Crippen LogP contribution in [-0.4, -0.2) is 22.2 Å².